The monoisotopic (exact) mass is 459 g/mol. The Morgan fingerprint density at radius 1 is 0.966 bits per heavy atom. The summed E-state index contributed by atoms with van der Waals surface area (Å²) >= 11 is 0. The summed E-state index contributed by atoms with van der Waals surface area (Å²) in [5.41, 5.74) is 13.3. The summed E-state index contributed by atoms with van der Waals surface area (Å²) in [6, 6.07) is 11.1. The first-order valence-corrected chi connectivity index (χ1v) is 10.7. The summed E-state index contributed by atoms with van der Waals surface area (Å²) < 4.78 is 0. The molecule has 0 N–H and O–H groups in total. The fourth-order valence-electron chi connectivity index (χ4n) is 4.74. The van der Waals surface area contributed by atoms with E-state index in [1.807, 2.05) is 0 Å². The summed E-state index contributed by atoms with van der Waals surface area (Å²) in [5.74, 6) is 0. The van der Waals surface area contributed by atoms with Gasteiger partial charge in [0.05, 0.1) is 0 Å². The molecule has 150 valence electrons. The molecule has 0 fully saturated rings. The van der Waals surface area contributed by atoms with Gasteiger partial charge < -0.3 is 0 Å². The van der Waals surface area contributed by atoms with E-state index < -0.39 is 0 Å². The van der Waals surface area contributed by atoms with E-state index in [-0.39, 0.29) is 37.0 Å². The molecule has 0 bridgehead atoms. The number of fused-ring (bicyclic) bond motifs is 3. The van der Waals surface area contributed by atoms with Gasteiger partial charge in [0, 0.05) is 26.2 Å². The van der Waals surface area contributed by atoms with E-state index in [9.17, 15) is 0 Å². The van der Waals surface area contributed by atoms with Crippen LogP contribution in [-0.2, 0) is 49.9 Å². The Labute approximate surface area is 196 Å². The zero-order valence-electron chi connectivity index (χ0n) is 19.1. The van der Waals surface area contributed by atoms with Crippen molar-refractivity contribution in [1.29, 1.82) is 0 Å². The van der Waals surface area contributed by atoms with E-state index in [1.165, 1.54) is 50.1 Å². The second kappa shape index (κ2) is 7.81. The van der Waals surface area contributed by atoms with E-state index in [0.717, 1.165) is 19.3 Å². The minimum absolute atomic E-state index is 0. The molecule has 0 aromatic heterocycles. The van der Waals surface area contributed by atoms with Crippen molar-refractivity contribution in [2.75, 3.05) is 0 Å². The van der Waals surface area contributed by atoms with Gasteiger partial charge in [-0.2, -0.15) is 6.07 Å². The Balaban J connectivity index is 0.00000240. The molecule has 29 heavy (non-hydrogen) atoms. The number of hydrogen-bond donors (Lipinski definition) is 0. The zero-order valence-corrected chi connectivity index (χ0v) is 21.5. The quantitative estimate of drug-likeness (QED) is 0.346. The third-order valence-corrected chi connectivity index (χ3v) is 6.23. The average molecular weight is 461 g/mol. The van der Waals surface area contributed by atoms with E-state index >= 15 is 0 Å². The first-order chi connectivity index (χ1) is 13.1. The van der Waals surface area contributed by atoms with Crippen LogP contribution in [0.3, 0.4) is 0 Å². The molecule has 0 amide bonds. The molecular weight excluding hydrogens is 428 g/mol. The largest absolute Gasteiger partial charge is 0.175 e. The summed E-state index contributed by atoms with van der Waals surface area (Å²) in [6.07, 6.45) is 9.91. The fourth-order valence-corrected chi connectivity index (χ4v) is 4.74. The van der Waals surface area contributed by atoms with Crippen LogP contribution in [0, 0.1) is 6.07 Å². The number of rotatable bonds is 2. The van der Waals surface area contributed by atoms with Gasteiger partial charge in [-0.25, -0.2) is 0 Å². The van der Waals surface area contributed by atoms with Gasteiger partial charge in [0.1, 0.15) is 0 Å². The minimum atomic E-state index is 0. The second-order valence-corrected chi connectivity index (χ2v) is 10.4. The Hall–Kier alpha value is -1.20. The van der Waals surface area contributed by atoms with E-state index in [2.05, 4.69) is 91.0 Å². The summed E-state index contributed by atoms with van der Waals surface area (Å²) in [4.78, 5) is 0. The SMILES string of the molecule is CCc1c(C2=CC=CC2)c(C(C)(C)C)[c-]c2c1-c1ccc(C(C)(C)C)cc1C2.[Zr]. The molecule has 2 aromatic carbocycles. The van der Waals surface area contributed by atoms with Crippen molar-refractivity contribution in [1.82, 2.24) is 0 Å². The van der Waals surface area contributed by atoms with Gasteiger partial charge in [-0.1, -0.05) is 102 Å². The fraction of sp³-hybridized carbons (Fsp3) is 0.429. The molecule has 0 heterocycles. The minimum Gasteiger partial charge on any atom is -0.175 e. The molecule has 0 nitrogen and oxygen atoms in total. The standard InChI is InChI=1S/C28H33.Zr/c1-8-22-25-20(15-19-16-21(27(2,3)4)13-14-23(19)25)17-24(28(5,6)7)26(22)18-11-9-10-12-18;/h9-11,13-14,16H,8,12,15H2,1-7H3;/q-1;. The predicted octanol–water partition coefficient (Wildman–Crippen LogP) is 7.56. The maximum atomic E-state index is 3.92. The van der Waals surface area contributed by atoms with Crippen LogP contribution >= 0.6 is 0 Å². The topological polar surface area (TPSA) is 0 Å². The second-order valence-electron chi connectivity index (χ2n) is 10.4. The van der Waals surface area contributed by atoms with Gasteiger partial charge in [-0.3, -0.25) is 0 Å². The van der Waals surface area contributed by atoms with Gasteiger partial charge in [-0.05, 0) is 34.8 Å². The van der Waals surface area contributed by atoms with Crippen LogP contribution in [0.15, 0.2) is 36.4 Å². The Kier molecular flexibility index (Phi) is 6.06. The molecule has 2 aliphatic rings. The normalized spacial score (nSPS) is 15.1. The van der Waals surface area contributed by atoms with Crippen LogP contribution in [0.2, 0.25) is 0 Å². The molecule has 2 aromatic rings. The van der Waals surface area contributed by atoms with Crippen molar-refractivity contribution in [2.45, 2.75) is 78.6 Å². The van der Waals surface area contributed by atoms with Crippen LogP contribution in [0.1, 0.15) is 88.3 Å². The van der Waals surface area contributed by atoms with Crippen LogP contribution in [0.4, 0.5) is 0 Å². The smallest absolute Gasteiger partial charge is 0 e. The molecule has 0 atom stereocenters. The maximum Gasteiger partial charge on any atom is 0 e. The first kappa shape index (κ1) is 22.5. The predicted molar refractivity (Wildman–Crippen MR) is 122 cm³/mol. The van der Waals surface area contributed by atoms with Gasteiger partial charge in [0.15, 0.2) is 0 Å². The number of allylic oxidation sites excluding steroid dienone is 4. The number of hydrogen-bond acceptors (Lipinski definition) is 0. The molecule has 0 saturated heterocycles. The third-order valence-electron chi connectivity index (χ3n) is 6.23. The van der Waals surface area contributed by atoms with Gasteiger partial charge in [0.2, 0.25) is 0 Å². The van der Waals surface area contributed by atoms with Crippen molar-refractivity contribution in [3.8, 4) is 11.1 Å². The van der Waals surface area contributed by atoms with Gasteiger partial charge in [0.25, 0.3) is 0 Å². The van der Waals surface area contributed by atoms with Crippen molar-refractivity contribution >= 4 is 5.57 Å². The Bertz CT molecular complexity index is 1000. The molecule has 0 spiro atoms. The Morgan fingerprint density at radius 3 is 2.24 bits per heavy atom. The summed E-state index contributed by atoms with van der Waals surface area (Å²) in [6.45, 7) is 16.2. The van der Waals surface area contributed by atoms with Crippen LogP contribution in [0.25, 0.3) is 16.7 Å². The van der Waals surface area contributed by atoms with Crippen molar-refractivity contribution < 1.29 is 26.2 Å². The average Bonchev–Trinajstić information content (AvgIpc) is 3.25. The first-order valence-electron chi connectivity index (χ1n) is 10.7. The molecule has 0 aliphatic heterocycles. The van der Waals surface area contributed by atoms with Gasteiger partial charge in [-0.15, -0.1) is 27.8 Å². The van der Waals surface area contributed by atoms with E-state index in [0.29, 0.717) is 0 Å². The van der Waals surface area contributed by atoms with Crippen LogP contribution < -0.4 is 0 Å². The molecular formula is C28H33Zr-. The van der Waals surface area contributed by atoms with Crippen LogP contribution in [0.5, 0.6) is 0 Å². The van der Waals surface area contributed by atoms with Crippen molar-refractivity contribution in [3.63, 3.8) is 0 Å². The molecule has 1 heteroatoms. The van der Waals surface area contributed by atoms with E-state index in [1.54, 1.807) is 0 Å². The molecule has 0 saturated carbocycles. The third kappa shape index (κ3) is 3.93. The van der Waals surface area contributed by atoms with Crippen molar-refractivity contribution in [2.24, 2.45) is 0 Å². The summed E-state index contributed by atoms with van der Waals surface area (Å²) in [7, 11) is 0. The number of benzene rings is 2. The molecule has 0 radical (unpaired) electrons. The van der Waals surface area contributed by atoms with Gasteiger partial charge >= 0.3 is 0 Å². The van der Waals surface area contributed by atoms with Crippen molar-refractivity contribution in [3.05, 3.63) is 75.9 Å². The summed E-state index contributed by atoms with van der Waals surface area (Å²) in [5, 5.41) is 0. The van der Waals surface area contributed by atoms with Crippen LogP contribution in [-0.4, -0.2) is 0 Å². The van der Waals surface area contributed by atoms with E-state index in [4.69, 9.17) is 0 Å². The molecule has 0 unspecified atom stereocenters. The maximum absolute atomic E-state index is 3.92. The zero-order chi connectivity index (χ0) is 20.3. The Morgan fingerprint density at radius 2 is 1.69 bits per heavy atom. The molecule has 2 aliphatic carbocycles. The molecule has 4 rings (SSSR count).